The fourth-order valence-electron chi connectivity index (χ4n) is 1.58. The van der Waals surface area contributed by atoms with E-state index in [1.807, 2.05) is 13.0 Å². The number of hydrogen-bond donors (Lipinski definition) is 0. The van der Waals surface area contributed by atoms with E-state index in [-0.39, 0.29) is 6.10 Å². The normalized spacial score (nSPS) is 10.1. The number of benzene rings is 1. The molecule has 0 aromatic heterocycles. The van der Waals surface area contributed by atoms with Crippen molar-refractivity contribution in [2.75, 3.05) is 6.61 Å². The Morgan fingerprint density at radius 2 is 1.88 bits per heavy atom. The molecule has 0 atom stereocenters. The summed E-state index contributed by atoms with van der Waals surface area (Å²) in [6, 6.07) is 7.38. The quantitative estimate of drug-likeness (QED) is 0.755. The summed E-state index contributed by atoms with van der Waals surface area (Å²) in [5.74, 6) is 1.37. The highest BCUT2D eigenvalue weighted by atomic mass is 16.5. The standard InChI is InChI=1S/C14H19NO2/c1-4-12(5-2)17-13-8-7-11(10-15)9-14(13)16-6-3/h7-9,12H,4-6H2,1-3H3. The Morgan fingerprint density at radius 3 is 2.41 bits per heavy atom. The fourth-order valence-corrected chi connectivity index (χ4v) is 1.58. The molecule has 0 N–H and O–H groups in total. The average Bonchev–Trinajstić information content (AvgIpc) is 2.37. The van der Waals surface area contributed by atoms with Crippen LogP contribution in [0.25, 0.3) is 0 Å². The van der Waals surface area contributed by atoms with Crippen LogP contribution >= 0.6 is 0 Å². The van der Waals surface area contributed by atoms with Gasteiger partial charge in [0.25, 0.3) is 0 Å². The third-order valence-electron chi connectivity index (χ3n) is 2.58. The van der Waals surface area contributed by atoms with Gasteiger partial charge in [-0.25, -0.2) is 0 Å². The van der Waals surface area contributed by atoms with Gasteiger partial charge in [0.1, 0.15) is 0 Å². The van der Waals surface area contributed by atoms with Crippen LogP contribution in [0.3, 0.4) is 0 Å². The summed E-state index contributed by atoms with van der Waals surface area (Å²) >= 11 is 0. The highest BCUT2D eigenvalue weighted by molar-refractivity contribution is 5.46. The van der Waals surface area contributed by atoms with E-state index in [9.17, 15) is 0 Å². The Hall–Kier alpha value is -1.69. The summed E-state index contributed by atoms with van der Waals surface area (Å²) < 4.78 is 11.4. The van der Waals surface area contributed by atoms with Crippen LogP contribution in [0.15, 0.2) is 18.2 Å². The van der Waals surface area contributed by atoms with E-state index in [1.165, 1.54) is 0 Å². The monoisotopic (exact) mass is 233 g/mol. The van der Waals surface area contributed by atoms with Crippen LogP contribution in [0.1, 0.15) is 39.2 Å². The van der Waals surface area contributed by atoms with Gasteiger partial charge in [-0.05, 0) is 31.9 Å². The topological polar surface area (TPSA) is 42.2 Å². The molecule has 1 aromatic rings. The van der Waals surface area contributed by atoms with E-state index in [1.54, 1.807) is 12.1 Å². The zero-order valence-electron chi connectivity index (χ0n) is 10.7. The van der Waals surface area contributed by atoms with Gasteiger partial charge in [-0.1, -0.05) is 13.8 Å². The van der Waals surface area contributed by atoms with E-state index in [0.29, 0.717) is 17.9 Å². The molecule has 0 aliphatic heterocycles. The molecular formula is C14H19NO2. The summed E-state index contributed by atoms with van der Waals surface area (Å²) in [6.07, 6.45) is 2.12. The van der Waals surface area contributed by atoms with Crippen molar-refractivity contribution in [3.05, 3.63) is 23.8 Å². The molecule has 0 aliphatic rings. The first kappa shape index (κ1) is 13.4. The summed E-state index contributed by atoms with van der Waals surface area (Å²) in [5, 5.41) is 8.85. The molecule has 0 radical (unpaired) electrons. The predicted molar refractivity (Wildman–Crippen MR) is 67.3 cm³/mol. The van der Waals surface area contributed by atoms with Crippen LogP contribution in [-0.4, -0.2) is 12.7 Å². The van der Waals surface area contributed by atoms with Gasteiger partial charge in [-0.15, -0.1) is 0 Å². The lowest BCUT2D eigenvalue weighted by Crippen LogP contribution is -2.14. The van der Waals surface area contributed by atoms with Gasteiger partial charge in [0.15, 0.2) is 11.5 Å². The maximum absolute atomic E-state index is 8.85. The number of hydrogen-bond acceptors (Lipinski definition) is 3. The van der Waals surface area contributed by atoms with Crippen molar-refractivity contribution >= 4 is 0 Å². The molecule has 0 unspecified atom stereocenters. The van der Waals surface area contributed by atoms with Crippen molar-refractivity contribution < 1.29 is 9.47 Å². The van der Waals surface area contributed by atoms with Crippen molar-refractivity contribution in [2.24, 2.45) is 0 Å². The Morgan fingerprint density at radius 1 is 1.18 bits per heavy atom. The zero-order chi connectivity index (χ0) is 12.7. The number of nitrogens with zero attached hydrogens (tertiary/aromatic N) is 1. The van der Waals surface area contributed by atoms with Crippen molar-refractivity contribution in [3.8, 4) is 17.6 Å². The Bertz CT molecular complexity index is 392. The maximum atomic E-state index is 8.85. The van der Waals surface area contributed by atoms with Gasteiger partial charge in [-0.3, -0.25) is 0 Å². The molecule has 0 saturated heterocycles. The molecule has 92 valence electrons. The van der Waals surface area contributed by atoms with Gasteiger partial charge in [0.05, 0.1) is 24.3 Å². The number of nitriles is 1. The van der Waals surface area contributed by atoms with Crippen molar-refractivity contribution in [2.45, 2.75) is 39.7 Å². The van der Waals surface area contributed by atoms with E-state index < -0.39 is 0 Å². The Labute approximate surface area is 103 Å². The third kappa shape index (κ3) is 3.67. The smallest absolute Gasteiger partial charge is 0.162 e. The van der Waals surface area contributed by atoms with Crippen LogP contribution in [0, 0.1) is 11.3 Å². The molecule has 3 heteroatoms. The minimum Gasteiger partial charge on any atom is -0.490 e. The van der Waals surface area contributed by atoms with Crippen LogP contribution < -0.4 is 9.47 Å². The summed E-state index contributed by atoms with van der Waals surface area (Å²) in [7, 11) is 0. The summed E-state index contributed by atoms with van der Waals surface area (Å²) in [4.78, 5) is 0. The summed E-state index contributed by atoms with van der Waals surface area (Å²) in [5.41, 5.74) is 0.588. The van der Waals surface area contributed by atoms with Crippen LogP contribution in [0.4, 0.5) is 0 Å². The fraction of sp³-hybridized carbons (Fsp3) is 0.500. The minimum atomic E-state index is 0.196. The molecular weight excluding hydrogens is 214 g/mol. The molecule has 0 aliphatic carbocycles. The second kappa shape index (κ2) is 6.80. The third-order valence-corrected chi connectivity index (χ3v) is 2.58. The van der Waals surface area contributed by atoms with Gasteiger partial charge >= 0.3 is 0 Å². The summed E-state index contributed by atoms with van der Waals surface area (Å²) in [6.45, 7) is 6.67. The second-order valence-electron chi connectivity index (χ2n) is 3.76. The molecule has 0 heterocycles. The van der Waals surface area contributed by atoms with Gasteiger partial charge in [-0.2, -0.15) is 5.26 Å². The lowest BCUT2D eigenvalue weighted by atomic mass is 10.2. The van der Waals surface area contributed by atoms with Gasteiger partial charge < -0.3 is 9.47 Å². The molecule has 0 spiro atoms. The van der Waals surface area contributed by atoms with Gasteiger partial charge in [0, 0.05) is 6.07 Å². The average molecular weight is 233 g/mol. The number of ether oxygens (including phenoxy) is 2. The maximum Gasteiger partial charge on any atom is 0.162 e. The van der Waals surface area contributed by atoms with E-state index in [2.05, 4.69) is 19.9 Å². The van der Waals surface area contributed by atoms with E-state index in [4.69, 9.17) is 14.7 Å². The van der Waals surface area contributed by atoms with E-state index >= 15 is 0 Å². The highest BCUT2D eigenvalue weighted by Crippen LogP contribution is 2.30. The van der Waals surface area contributed by atoms with Crippen molar-refractivity contribution in [3.63, 3.8) is 0 Å². The number of rotatable bonds is 6. The zero-order valence-corrected chi connectivity index (χ0v) is 10.7. The molecule has 17 heavy (non-hydrogen) atoms. The highest BCUT2D eigenvalue weighted by Gasteiger charge is 2.11. The van der Waals surface area contributed by atoms with Crippen molar-refractivity contribution in [1.82, 2.24) is 0 Å². The molecule has 1 aromatic carbocycles. The SMILES string of the molecule is CCOc1cc(C#N)ccc1OC(CC)CC. The van der Waals surface area contributed by atoms with Crippen molar-refractivity contribution in [1.29, 1.82) is 5.26 Å². The first-order chi connectivity index (χ1) is 8.24. The van der Waals surface area contributed by atoms with E-state index in [0.717, 1.165) is 18.6 Å². The van der Waals surface area contributed by atoms with Crippen LogP contribution in [-0.2, 0) is 0 Å². The Balaban J connectivity index is 2.93. The first-order valence-corrected chi connectivity index (χ1v) is 6.08. The lowest BCUT2D eigenvalue weighted by molar-refractivity contribution is 0.182. The minimum absolute atomic E-state index is 0.196. The lowest BCUT2D eigenvalue weighted by Gasteiger charge is -2.18. The molecule has 0 fully saturated rings. The Kier molecular flexibility index (Phi) is 5.35. The molecule has 0 bridgehead atoms. The second-order valence-corrected chi connectivity index (χ2v) is 3.76. The van der Waals surface area contributed by atoms with Crippen LogP contribution in [0.5, 0.6) is 11.5 Å². The van der Waals surface area contributed by atoms with Gasteiger partial charge in [0.2, 0.25) is 0 Å². The molecule has 1 rings (SSSR count). The van der Waals surface area contributed by atoms with Crippen LogP contribution in [0.2, 0.25) is 0 Å². The first-order valence-electron chi connectivity index (χ1n) is 6.08. The largest absolute Gasteiger partial charge is 0.490 e. The molecule has 3 nitrogen and oxygen atoms in total. The molecule has 0 saturated carbocycles. The molecule has 0 amide bonds. The predicted octanol–water partition coefficient (Wildman–Crippen LogP) is 3.52.